The first-order valence-corrected chi connectivity index (χ1v) is 6.93. The molecule has 0 saturated heterocycles. The molecule has 0 atom stereocenters. The number of nitrogens with one attached hydrogen (secondary N) is 2. The maximum Gasteiger partial charge on any atom is 0.243 e. The molecule has 0 aromatic heterocycles. The van der Waals surface area contributed by atoms with Gasteiger partial charge in [0.15, 0.2) is 0 Å². The molecule has 2 N–H and O–H groups in total. The minimum Gasteiger partial charge on any atom is -0.497 e. The molecule has 2 rings (SSSR count). The van der Waals surface area contributed by atoms with Crippen molar-refractivity contribution in [2.24, 2.45) is 5.92 Å². The Bertz CT molecular complexity index is 526. The van der Waals surface area contributed by atoms with Gasteiger partial charge in [-0.3, -0.25) is 9.59 Å². The van der Waals surface area contributed by atoms with Crippen LogP contribution in [-0.4, -0.2) is 32.6 Å². The highest BCUT2D eigenvalue weighted by Gasteiger charge is 2.25. The second kappa shape index (κ2) is 6.97. The number of carbonyl (C=O) groups excluding carboxylic acids is 2. The molecule has 0 unspecified atom stereocenters. The number of methoxy groups -OCH3 is 2. The molecule has 0 radical (unpaired) electrons. The first-order chi connectivity index (χ1) is 10.1. The maximum absolute atomic E-state index is 11.9. The number of rotatable bonds is 6. The molecule has 0 bridgehead atoms. The summed E-state index contributed by atoms with van der Waals surface area (Å²) < 4.78 is 10.3. The molecule has 6 heteroatoms. The van der Waals surface area contributed by atoms with Gasteiger partial charge in [-0.1, -0.05) is 6.42 Å². The second-order valence-corrected chi connectivity index (χ2v) is 4.96. The van der Waals surface area contributed by atoms with Crippen molar-refractivity contribution in [2.45, 2.75) is 19.3 Å². The number of benzene rings is 1. The summed E-state index contributed by atoms with van der Waals surface area (Å²) in [5.74, 6) is 0.897. The van der Waals surface area contributed by atoms with Crippen molar-refractivity contribution in [3.05, 3.63) is 18.2 Å². The Kier molecular flexibility index (Phi) is 5.03. The number of carbonyl (C=O) groups is 2. The molecule has 2 amide bonds. The summed E-state index contributed by atoms with van der Waals surface area (Å²) in [5, 5.41) is 5.36. The Labute approximate surface area is 123 Å². The lowest BCUT2D eigenvalue weighted by atomic mass is 9.85. The fraction of sp³-hybridized carbons (Fsp3) is 0.467. The Hall–Kier alpha value is -2.24. The molecule has 0 spiro atoms. The predicted molar refractivity (Wildman–Crippen MR) is 78.5 cm³/mol. The largest absolute Gasteiger partial charge is 0.497 e. The Morgan fingerprint density at radius 3 is 2.57 bits per heavy atom. The third-order valence-electron chi connectivity index (χ3n) is 3.58. The van der Waals surface area contributed by atoms with Gasteiger partial charge in [-0.15, -0.1) is 0 Å². The predicted octanol–water partition coefficient (Wildman–Crippen LogP) is 1.56. The zero-order chi connectivity index (χ0) is 15.2. The lowest BCUT2D eigenvalue weighted by molar-refractivity contribution is -0.129. The third kappa shape index (κ3) is 3.87. The average molecular weight is 292 g/mol. The number of hydrogen-bond donors (Lipinski definition) is 2. The van der Waals surface area contributed by atoms with Gasteiger partial charge < -0.3 is 20.1 Å². The zero-order valence-electron chi connectivity index (χ0n) is 12.3. The van der Waals surface area contributed by atoms with Crippen LogP contribution in [0.1, 0.15) is 19.3 Å². The van der Waals surface area contributed by atoms with Crippen LogP contribution in [0.5, 0.6) is 11.5 Å². The van der Waals surface area contributed by atoms with Crippen LogP contribution in [-0.2, 0) is 9.59 Å². The number of hydrogen-bond acceptors (Lipinski definition) is 4. The quantitative estimate of drug-likeness (QED) is 0.834. The molecule has 1 aromatic rings. The van der Waals surface area contributed by atoms with Crippen molar-refractivity contribution in [1.82, 2.24) is 5.32 Å². The standard InChI is InChI=1S/C15H20N2O4/c1-20-11-6-7-12(13(8-11)21-2)17-14(18)9-16-15(19)10-4-3-5-10/h6-8,10H,3-5,9H2,1-2H3,(H,16,19)(H,17,18). The van der Waals surface area contributed by atoms with E-state index in [9.17, 15) is 9.59 Å². The van der Waals surface area contributed by atoms with E-state index < -0.39 is 0 Å². The van der Waals surface area contributed by atoms with Gasteiger partial charge in [0, 0.05) is 12.0 Å². The van der Waals surface area contributed by atoms with Crippen LogP contribution in [0.15, 0.2) is 18.2 Å². The molecule has 1 aliphatic rings. The van der Waals surface area contributed by atoms with Crippen molar-refractivity contribution < 1.29 is 19.1 Å². The highest BCUT2D eigenvalue weighted by molar-refractivity contribution is 5.96. The van der Waals surface area contributed by atoms with Crippen molar-refractivity contribution in [1.29, 1.82) is 0 Å². The molecule has 1 fully saturated rings. The molecular formula is C15H20N2O4. The number of ether oxygens (including phenoxy) is 2. The third-order valence-corrected chi connectivity index (χ3v) is 3.58. The van der Waals surface area contributed by atoms with Crippen molar-refractivity contribution in [3.63, 3.8) is 0 Å². The van der Waals surface area contributed by atoms with Crippen LogP contribution in [0.4, 0.5) is 5.69 Å². The molecule has 1 aromatic carbocycles. The van der Waals surface area contributed by atoms with E-state index in [1.807, 2.05) is 0 Å². The van der Waals surface area contributed by atoms with Crippen LogP contribution in [0.25, 0.3) is 0 Å². The zero-order valence-corrected chi connectivity index (χ0v) is 12.3. The Balaban J connectivity index is 1.88. The average Bonchev–Trinajstić information content (AvgIpc) is 2.43. The molecule has 1 saturated carbocycles. The molecule has 114 valence electrons. The van der Waals surface area contributed by atoms with E-state index in [1.54, 1.807) is 25.3 Å². The fourth-order valence-electron chi connectivity index (χ4n) is 2.08. The first-order valence-electron chi connectivity index (χ1n) is 6.93. The summed E-state index contributed by atoms with van der Waals surface area (Å²) >= 11 is 0. The Morgan fingerprint density at radius 2 is 2.00 bits per heavy atom. The van der Waals surface area contributed by atoms with Gasteiger partial charge in [0.25, 0.3) is 0 Å². The highest BCUT2D eigenvalue weighted by atomic mass is 16.5. The summed E-state index contributed by atoms with van der Waals surface area (Å²) in [7, 11) is 3.08. The number of anilines is 1. The van der Waals surface area contributed by atoms with Gasteiger partial charge in [-0.05, 0) is 25.0 Å². The van der Waals surface area contributed by atoms with Gasteiger partial charge in [-0.2, -0.15) is 0 Å². The van der Waals surface area contributed by atoms with Crippen LogP contribution < -0.4 is 20.1 Å². The van der Waals surface area contributed by atoms with Gasteiger partial charge >= 0.3 is 0 Å². The van der Waals surface area contributed by atoms with E-state index in [-0.39, 0.29) is 24.3 Å². The molecule has 21 heavy (non-hydrogen) atoms. The summed E-state index contributed by atoms with van der Waals surface area (Å²) in [6.45, 7) is -0.0372. The second-order valence-electron chi connectivity index (χ2n) is 4.96. The lowest BCUT2D eigenvalue weighted by Crippen LogP contribution is -2.39. The van der Waals surface area contributed by atoms with E-state index in [0.717, 1.165) is 19.3 Å². The highest BCUT2D eigenvalue weighted by Crippen LogP contribution is 2.29. The minimum atomic E-state index is -0.286. The molecule has 0 heterocycles. The molecule has 1 aliphatic carbocycles. The lowest BCUT2D eigenvalue weighted by Gasteiger charge is -2.23. The van der Waals surface area contributed by atoms with Crippen molar-refractivity contribution in [2.75, 3.05) is 26.1 Å². The van der Waals surface area contributed by atoms with E-state index in [2.05, 4.69) is 10.6 Å². The molecule has 6 nitrogen and oxygen atoms in total. The summed E-state index contributed by atoms with van der Waals surface area (Å²) in [6, 6.07) is 5.11. The van der Waals surface area contributed by atoms with E-state index >= 15 is 0 Å². The van der Waals surface area contributed by atoms with Gasteiger partial charge in [0.2, 0.25) is 11.8 Å². The van der Waals surface area contributed by atoms with Crippen molar-refractivity contribution in [3.8, 4) is 11.5 Å². The van der Waals surface area contributed by atoms with Crippen molar-refractivity contribution >= 4 is 17.5 Å². The van der Waals surface area contributed by atoms with Crippen LogP contribution in [0, 0.1) is 5.92 Å². The van der Waals surface area contributed by atoms with E-state index in [0.29, 0.717) is 17.2 Å². The summed E-state index contributed by atoms with van der Waals surface area (Å²) in [6.07, 6.45) is 2.92. The van der Waals surface area contributed by atoms with Crippen LogP contribution >= 0.6 is 0 Å². The topological polar surface area (TPSA) is 76.7 Å². The van der Waals surface area contributed by atoms with Crippen LogP contribution in [0.2, 0.25) is 0 Å². The maximum atomic E-state index is 11.9. The molecular weight excluding hydrogens is 272 g/mol. The number of amides is 2. The first kappa shape index (κ1) is 15.2. The normalized spacial score (nSPS) is 14.0. The minimum absolute atomic E-state index is 0.0372. The molecule has 0 aliphatic heterocycles. The smallest absolute Gasteiger partial charge is 0.243 e. The summed E-state index contributed by atoms with van der Waals surface area (Å²) in [4.78, 5) is 23.5. The monoisotopic (exact) mass is 292 g/mol. The van der Waals surface area contributed by atoms with Gasteiger partial charge in [-0.25, -0.2) is 0 Å². The fourth-order valence-corrected chi connectivity index (χ4v) is 2.08. The Morgan fingerprint density at radius 1 is 1.24 bits per heavy atom. The van der Waals surface area contributed by atoms with E-state index in [4.69, 9.17) is 9.47 Å². The van der Waals surface area contributed by atoms with E-state index in [1.165, 1.54) is 7.11 Å². The van der Waals surface area contributed by atoms with Crippen LogP contribution in [0.3, 0.4) is 0 Å². The van der Waals surface area contributed by atoms with Gasteiger partial charge in [0.1, 0.15) is 11.5 Å². The van der Waals surface area contributed by atoms with Gasteiger partial charge in [0.05, 0.1) is 26.5 Å². The summed E-state index contributed by atoms with van der Waals surface area (Å²) in [5.41, 5.74) is 0.543. The SMILES string of the molecule is COc1ccc(NC(=O)CNC(=O)C2CCC2)c(OC)c1.